The zero-order valence-corrected chi connectivity index (χ0v) is 18.8. The fourth-order valence-electron chi connectivity index (χ4n) is 3.47. The molecule has 0 saturated heterocycles. The van der Waals surface area contributed by atoms with Gasteiger partial charge in [0.1, 0.15) is 5.69 Å². The Morgan fingerprint density at radius 2 is 1.97 bits per heavy atom. The summed E-state index contributed by atoms with van der Waals surface area (Å²) >= 11 is 1.32. The molecule has 0 aliphatic heterocycles. The lowest BCUT2D eigenvalue weighted by Crippen LogP contribution is -2.43. The van der Waals surface area contributed by atoms with Gasteiger partial charge in [0.15, 0.2) is 5.78 Å². The zero-order chi connectivity index (χ0) is 22.5. The Labute approximate surface area is 185 Å². The molecule has 0 unspecified atom stereocenters. The van der Waals surface area contributed by atoms with Gasteiger partial charge in [0.2, 0.25) is 0 Å². The van der Waals surface area contributed by atoms with Crippen molar-refractivity contribution >= 4 is 29.0 Å². The molecular formula is C23H25N3O4S. The molecule has 1 amide bonds. The minimum Gasteiger partial charge on any atom is -0.461 e. The summed E-state index contributed by atoms with van der Waals surface area (Å²) in [5.74, 6) is -0.990. The van der Waals surface area contributed by atoms with Crippen molar-refractivity contribution in [2.24, 2.45) is 0 Å². The number of aryl methyl sites for hydroxylation is 1. The monoisotopic (exact) mass is 439 g/mol. The number of amides is 1. The molecule has 0 aromatic carbocycles. The van der Waals surface area contributed by atoms with E-state index in [2.05, 4.69) is 9.97 Å². The highest BCUT2D eigenvalue weighted by atomic mass is 32.1. The molecule has 0 radical (unpaired) electrons. The van der Waals surface area contributed by atoms with Crippen LogP contribution in [0, 0.1) is 13.8 Å². The van der Waals surface area contributed by atoms with Gasteiger partial charge in [0.05, 0.1) is 29.8 Å². The number of nitrogens with zero attached hydrogens (tertiary/aromatic N) is 2. The third-order valence-electron chi connectivity index (χ3n) is 5.06. The van der Waals surface area contributed by atoms with Crippen molar-refractivity contribution < 1.29 is 19.1 Å². The molecule has 0 saturated carbocycles. The second kappa shape index (κ2) is 9.70. The van der Waals surface area contributed by atoms with E-state index in [-0.39, 0.29) is 30.5 Å². The third kappa shape index (κ3) is 4.74. The minimum atomic E-state index is -0.764. The van der Waals surface area contributed by atoms with E-state index in [1.807, 2.05) is 17.5 Å². The standard InChI is InChI=1S/C23H25N3O4S/c1-5-30-23(29)20-14(2)19(15(3)25-20)21(27)16(4)26(13-17-9-6-7-11-24-17)22(28)18-10-8-12-31-18/h6-12,16,25H,5,13H2,1-4H3/t16-/m0/s1. The van der Waals surface area contributed by atoms with Crippen LogP contribution in [-0.2, 0) is 11.3 Å². The van der Waals surface area contributed by atoms with Crippen LogP contribution in [0.4, 0.5) is 0 Å². The Hall–Kier alpha value is -3.26. The van der Waals surface area contributed by atoms with Crippen LogP contribution in [0.2, 0.25) is 0 Å². The van der Waals surface area contributed by atoms with Crippen LogP contribution in [0.3, 0.4) is 0 Å². The van der Waals surface area contributed by atoms with Crippen LogP contribution in [0.25, 0.3) is 0 Å². The van der Waals surface area contributed by atoms with Crippen molar-refractivity contribution in [3.8, 4) is 0 Å². The Morgan fingerprint density at radius 3 is 2.58 bits per heavy atom. The molecule has 0 bridgehead atoms. The number of thiophene rings is 1. The first kappa shape index (κ1) is 22.4. The summed E-state index contributed by atoms with van der Waals surface area (Å²) in [6, 6.07) is 8.23. The average molecular weight is 440 g/mol. The highest BCUT2D eigenvalue weighted by Crippen LogP contribution is 2.24. The van der Waals surface area contributed by atoms with Gasteiger partial charge in [-0.3, -0.25) is 14.6 Å². The summed E-state index contributed by atoms with van der Waals surface area (Å²) < 4.78 is 5.08. The first-order valence-corrected chi connectivity index (χ1v) is 10.9. The summed E-state index contributed by atoms with van der Waals surface area (Å²) in [5, 5.41) is 1.82. The van der Waals surface area contributed by atoms with Crippen molar-refractivity contribution in [1.82, 2.24) is 14.9 Å². The molecule has 0 aliphatic carbocycles. The van der Waals surface area contributed by atoms with Crippen molar-refractivity contribution in [3.05, 3.63) is 75.0 Å². The molecular weight excluding hydrogens is 414 g/mol. The zero-order valence-electron chi connectivity index (χ0n) is 18.0. The Balaban J connectivity index is 1.95. The maximum atomic E-state index is 13.5. The number of H-pyrrole nitrogens is 1. The molecule has 0 spiro atoms. The summed E-state index contributed by atoms with van der Waals surface area (Å²) in [5.41, 5.74) is 2.44. The molecule has 3 rings (SSSR count). The van der Waals surface area contributed by atoms with Crippen molar-refractivity contribution in [2.75, 3.05) is 6.61 Å². The fraction of sp³-hybridized carbons (Fsp3) is 0.304. The number of aromatic amines is 1. The number of ether oxygens (including phenoxy) is 1. The number of nitrogens with one attached hydrogen (secondary N) is 1. The van der Waals surface area contributed by atoms with Crippen molar-refractivity contribution in [2.45, 2.75) is 40.3 Å². The van der Waals surface area contributed by atoms with Crippen LogP contribution >= 0.6 is 11.3 Å². The quantitative estimate of drug-likeness (QED) is 0.420. The summed E-state index contributed by atoms with van der Waals surface area (Å²) in [4.78, 5) is 48.3. The van der Waals surface area contributed by atoms with E-state index in [0.717, 1.165) is 0 Å². The smallest absolute Gasteiger partial charge is 0.355 e. The second-order valence-corrected chi connectivity index (χ2v) is 8.06. The number of ketones is 1. The predicted octanol–water partition coefficient (Wildman–Crippen LogP) is 4.18. The van der Waals surface area contributed by atoms with Crippen LogP contribution in [0.15, 0.2) is 41.9 Å². The van der Waals surface area contributed by atoms with Crippen LogP contribution in [0.1, 0.15) is 61.3 Å². The lowest BCUT2D eigenvalue weighted by atomic mass is 9.99. The second-order valence-electron chi connectivity index (χ2n) is 7.12. The topological polar surface area (TPSA) is 92.4 Å². The Bertz CT molecular complexity index is 1070. The van der Waals surface area contributed by atoms with Crippen LogP contribution in [0.5, 0.6) is 0 Å². The van der Waals surface area contributed by atoms with Gasteiger partial charge in [-0.15, -0.1) is 11.3 Å². The third-order valence-corrected chi connectivity index (χ3v) is 5.92. The van der Waals surface area contributed by atoms with E-state index >= 15 is 0 Å². The number of carbonyl (C=O) groups excluding carboxylic acids is 3. The molecule has 0 fully saturated rings. The molecule has 1 atom stereocenters. The first-order chi connectivity index (χ1) is 14.8. The minimum absolute atomic E-state index is 0.192. The normalized spacial score (nSPS) is 11.7. The number of hydrogen-bond donors (Lipinski definition) is 1. The largest absolute Gasteiger partial charge is 0.461 e. The molecule has 31 heavy (non-hydrogen) atoms. The molecule has 1 N–H and O–H groups in total. The maximum absolute atomic E-state index is 13.5. The summed E-state index contributed by atoms with van der Waals surface area (Å²) in [6.45, 7) is 7.30. The van der Waals surface area contributed by atoms with Gasteiger partial charge in [-0.25, -0.2) is 4.79 Å². The van der Waals surface area contributed by atoms with Gasteiger partial charge in [-0.2, -0.15) is 0 Å². The van der Waals surface area contributed by atoms with Crippen LogP contribution in [-0.4, -0.2) is 45.2 Å². The number of hydrogen-bond acceptors (Lipinski definition) is 6. The average Bonchev–Trinajstić information content (AvgIpc) is 3.40. The number of Topliss-reactive ketones (excluding diaryl/α,β-unsaturated/α-hetero) is 1. The van der Waals surface area contributed by atoms with Crippen molar-refractivity contribution in [3.63, 3.8) is 0 Å². The number of rotatable bonds is 8. The fourth-order valence-corrected chi connectivity index (χ4v) is 4.15. The van der Waals surface area contributed by atoms with Gasteiger partial charge < -0.3 is 14.6 Å². The van der Waals surface area contributed by atoms with Crippen molar-refractivity contribution in [1.29, 1.82) is 0 Å². The van der Waals surface area contributed by atoms with Crippen LogP contribution < -0.4 is 0 Å². The van der Waals surface area contributed by atoms with E-state index in [0.29, 0.717) is 27.4 Å². The SMILES string of the molecule is CCOC(=O)c1[nH]c(C)c(C(=O)[C@H](C)N(Cc2ccccn2)C(=O)c2cccs2)c1C. The lowest BCUT2D eigenvalue weighted by Gasteiger charge is -2.28. The van der Waals surface area contributed by atoms with E-state index in [1.54, 1.807) is 52.1 Å². The number of aromatic nitrogens is 2. The Kier molecular flexibility index (Phi) is 7.02. The summed E-state index contributed by atoms with van der Waals surface area (Å²) in [6.07, 6.45) is 1.65. The number of pyridine rings is 1. The maximum Gasteiger partial charge on any atom is 0.355 e. The van der Waals surface area contributed by atoms with E-state index in [9.17, 15) is 14.4 Å². The van der Waals surface area contributed by atoms with Gasteiger partial charge in [0, 0.05) is 17.5 Å². The van der Waals surface area contributed by atoms with Gasteiger partial charge in [-0.1, -0.05) is 12.1 Å². The lowest BCUT2D eigenvalue weighted by molar-refractivity contribution is 0.0518. The first-order valence-electron chi connectivity index (χ1n) is 10.00. The van der Waals surface area contributed by atoms with Gasteiger partial charge in [-0.05, 0) is 56.8 Å². The van der Waals surface area contributed by atoms with Gasteiger partial charge in [0.25, 0.3) is 5.91 Å². The van der Waals surface area contributed by atoms with Gasteiger partial charge >= 0.3 is 5.97 Å². The highest BCUT2D eigenvalue weighted by Gasteiger charge is 2.32. The van der Waals surface area contributed by atoms with E-state index in [4.69, 9.17) is 4.74 Å². The molecule has 7 nitrogen and oxygen atoms in total. The molecule has 3 heterocycles. The predicted molar refractivity (Wildman–Crippen MR) is 118 cm³/mol. The number of esters is 1. The molecule has 3 aromatic heterocycles. The van der Waals surface area contributed by atoms with E-state index in [1.165, 1.54) is 16.2 Å². The summed E-state index contributed by atoms with van der Waals surface area (Å²) in [7, 11) is 0. The molecule has 8 heteroatoms. The molecule has 0 aliphatic rings. The Morgan fingerprint density at radius 1 is 1.19 bits per heavy atom. The molecule has 162 valence electrons. The highest BCUT2D eigenvalue weighted by molar-refractivity contribution is 7.12. The van der Waals surface area contributed by atoms with E-state index < -0.39 is 12.0 Å². The number of carbonyl (C=O) groups is 3. The molecule has 3 aromatic rings.